The number of nitrogens with two attached hydrogens (primary N) is 1. The lowest BCUT2D eigenvalue weighted by Gasteiger charge is -2.17. The molecule has 0 aliphatic rings. The molecule has 2 unspecified atom stereocenters. The van der Waals surface area contributed by atoms with Crippen molar-refractivity contribution in [2.45, 2.75) is 23.4 Å². The van der Waals surface area contributed by atoms with Crippen LogP contribution in [0, 0.1) is 5.92 Å². The predicted molar refractivity (Wildman–Crippen MR) is 61.5 cm³/mol. The number of hydrogen-bond acceptors (Lipinski definition) is 3. The summed E-state index contributed by atoms with van der Waals surface area (Å²) in [4.78, 5) is 0.105. The van der Waals surface area contributed by atoms with Crippen LogP contribution in [0.25, 0.3) is 0 Å². The second-order valence-corrected chi connectivity index (χ2v) is 4.91. The minimum Gasteiger partial charge on any atom is -0.388 e. The van der Waals surface area contributed by atoms with Crippen molar-refractivity contribution in [2.75, 3.05) is 6.54 Å². The summed E-state index contributed by atoms with van der Waals surface area (Å²) in [5, 5.41) is 9.80. The Morgan fingerprint density at radius 2 is 1.82 bits per heavy atom. The van der Waals surface area contributed by atoms with Gasteiger partial charge in [-0.25, -0.2) is 0 Å². The molecular weight excluding hydrogens is 251 g/mol. The van der Waals surface area contributed by atoms with Gasteiger partial charge in [0.25, 0.3) is 0 Å². The Morgan fingerprint density at radius 3 is 2.24 bits per heavy atom. The van der Waals surface area contributed by atoms with E-state index < -0.39 is 11.6 Å². The van der Waals surface area contributed by atoms with Gasteiger partial charge in [0.2, 0.25) is 0 Å². The summed E-state index contributed by atoms with van der Waals surface area (Å²) in [6.07, 6.45) is -0.745. The average Bonchev–Trinajstić information content (AvgIpc) is 2.26. The fraction of sp³-hybridized carbons (Fsp3) is 0.455. The molecule has 6 heteroatoms. The van der Waals surface area contributed by atoms with Crippen LogP contribution >= 0.6 is 11.8 Å². The number of thioether (sulfide) groups is 1. The lowest BCUT2D eigenvalue weighted by Crippen LogP contribution is -2.18. The Balaban J connectivity index is 2.74. The molecule has 0 aromatic heterocycles. The van der Waals surface area contributed by atoms with Gasteiger partial charge in [0.05, 0.1) is 6.10 Å². The molecule has 0 heterocycles. The van der Waals surface area contributed by atoms with Crippen molar-refractivity contribution in [3.63, 3.8) is 0 Å². The van der Waals surface area contributed by atoms with Crippen LogP contribution in [0.3, 0.4) is 0 Å². The largest absolute Gasteiger partial charge is 0.446 e. The second kappa shape index (κ2) is 5.75. The van der Waals surface area contributed by atoms with E-state index in [1.165, 1.54) is 24.3 Å². The first kappa shape index (κ1) is 14.3. The summed E-state index contributed by atoms with van der Waals surface area (Å²) in [7, 11) is 0. The Labute approximate surface area is 102 Å². The van der Waals surface area contributed by atoms with Crippen molar-refractivity contribution in [3.8, 4) is 0 Å². The first-order valence-electron chi connectivity index (χ1n) is 5.07. The van der Waals surface area contributed by atoms with Crippen molar-refractivity contribution >= 4 is 11.8 Å². The molecule has 0 saturated carbocycles. The van der Waals surface area contributed by atoms with Gasteiger partial charge in [-0.05, 0) is 41.9 Å². The molecule has 96 valence electrons. The third-order valence-corrected chi connectivity index (χ3v) is 3.11. The SMILES string of the molecule is CC(CN)C(O)c1ccc(SC(F)(F)F)cc1. The van der Waals surface area contributed by atoms with E-state index in [9.17, 15) is 18.3 Å². The summed E-state index contributed by atoms with van der Waals surface area (Å²) >= 11 is -0.171. The molecule has 1 aromatic carbocycles. The predicted octanol–water partition coefficient (Wildman–Crippen LogP) is 2.93. The Hall–Kier alpha value is -0.720. The molecule has 1 aromatic rings. The van der Waals surface area contributed by atoms with E-state index in [2.05, 4.69) is 0 Å². The van der Waals surface area contributed by atoms with Crippen LogP contribution < -0.4 is 5.73 Å². The average molecular weight is 265 g/mol. The van der Waals surface area contributed by atoms with Crippen molar-refractivity contribution in [1.82, 2.24) is 0 Å². The number of benzene rings is 1. The highest BCUT2D eigenvalue weighted by molar-refractivity contribution is 8.00. The van der Waals surface area contributed by atoms with E-state index in [-0.39, 0.29) is 22.6 Å². The van der Waals surface area contributed by atoms with Crippen LogP contribution in [0.2, 0.25) is 0 Å². The lowest BCUT2D eigenvalue weighted by atomic mass is 9.98. The zero-order valence-electron chi connectivity index (χ0n) is 9.24. The van der Waals surface area contributed by atoms with E-state index in [0.29, 0.717) is 12.1 Å². The lowest BCUT2D eigenvalue weighted by molar-refractivity contribution is -0.0328. The molecular formula is C11H14F3NOS. The van der Waals surface area contributed by atoms with E-state index in [0.717, 1.165) is 0 Å². The van der Waals surface area contributed by atoms with E-state index in [4.69, 9.17) is 5.73 Å². The van der Waals surface area contributed by atoms with Crippen LogP contribution in [0.15, 0.2) is 29.2 Å². The Morgan fingerprint density at radius 1 is 1.29 bits per heavy atom. The fourth-order valence-corrected chi connectivity index (χ4v) is 1.86. The highest BCUT2D eigenvalue weighted by Gasteiger charge is 2.29. The molecule has 0 spiro atoms. The maximum atomic E-state index is 12.1. The third kappa shape index (κ3) is 4.57. The van der Waals surface area contributed by atoms with Crippen LogP contribution in [0.1, 0.15) is 18.6 Å². The number of aliphatic hydroxyl groups excluding tert-OH is 1. The number of alkyl halides is 3. The van der Waals surface area contributed by atoms with Gasteiger partial charge in [0, 0.05) is 4.90 Å². The van der Waals surface area contributed by atoms with Gasteiger partial charge in [-0.1, -0.05) is 19.1 Å². The zero-order valence-corrected chi connectivity index (χ0v) is 10.1. The number of rotatable bonds is 4. The smallest absolute Gasteiger partial charge is 0.388 e. The maximum absolute atomic E-state index is 12.1. The van der Waals surface area contributed by atoms with Gasteiger partial charge in [-0.3, -0.25) is 0 Å². The second-order valence-electron chi connectivity index (χ2n) is 3.77. The molecule has 0 amide bonds. The summed E-state index contributed by atoms with van der Waals surface area (Å²) in [6, 6.07) is 5.68. The van der Waals surface area contributed by atoms with Crippen LogP contribution in [-0.2, 0) is 0 Å². The molecule has 2 nitrogen and oxygen atoms in total. The van der Waals surface area contributed by atoms with E-state index in [1.54, 1.807) is 6.92 Å². The molecule has 2 atom stereocenters. The highest BCUT2D eigenvalue weighted by Crippen LogP contribution is 2.37. The molecule has 0 fully saturated rings. The molecule has 0 radical (unpaired) electrons. The Bertz CT molecular complexity index is 353. The summed E-state index contributed by atoms with van der Waals surface area (Å²) < 4.78 is 36.2. The number of halogens is 3. The quantitative estimate of drug-likeness (QED) is 0.823. The standard InChI is InChI=1S/C11H14F3NOS/c1-7(6-15)10(16)8-2-4-9(5-3-8)17-11(12,13)14/h2-5,7,10,16H,6,15H2,1H3. The summed E-state index contributed by atoms with van der Waals surface area (Å²) in [5.41, 5.74) is 1.70. The van der Waals surface area contributed by atoms with E-state index >= 15 is 0 Å². The van der Waals surface area contributed by atoms with Crippen molar-refractivity contribution in [1.29, 1.82) is 0 Å². The summed E-state index contributed by atoms with van der Waals surface area (Å²) in [5.74, 6) is -0.129. The molecule has 0 bridgehead atoms. The molecule has 1 rings (SSSR count). The number of aliphatic hydroxyl groups is 1. The highest BCUT2D eigenvalue weighted by atomic mass is 32.2. The van der Waals surface area contributed by atoms with Crippen LogP contribution in [0.4, 0.5) is 13.2 Å². The number of hydrogen-bond donors (Lipinski definition) is 2. The molecule has 0 aliphatic heterocycles. The fourth-order valence-electron chi connectivity index (χ4n) is 1.32. The summed E-state index contributed by atoms with van der Waals surface area (Å²) in [6.45, 7) is 2.10. The van der Waals surface area contributed by atoms with Gasteiger partial charge in [0.1, 0.15) is 0 Å². The molecule has 0 aliphatic carbocycles. The monoisotopic (exact) mass is 265 g/mol. The van der Waals surface area contributed by atoms with Gasteiger partial charge in [0.15, 0.2) is 0 Å². The topological polar surface area (TPSA) is 46.2 Å². The van der Waals surface area contributed by atoms with Crippen molar-refractivity contribution in [2.24, 2.45) is 11.7 Å². The first-order chi connectivity index (χ1) is 7.83. The molecule has 0 saturated heterocycles. The molecule has 17 heavy (non-hydrogen) atoms. The van der Waals surface area contributed by atoms with Gasteiger partial charge in [-0.2, -0.15) is 13.2 Å². The Kier molecular flexibility index (Phi) is 4.85. The van der Waals surface area contributed by atoms with Crippen LogP contribution in [-0.4, -0.2) is 17.2 Å². The van der Waals surface area contributed by atoms with Crippen molar-refractivity contribution < 1.29 is 18.3 Å². The van der Waals surface area contributed by atoms with E-state index in [1.807, 2.05) is 0 Å². The van der Waals surface area contributed by atoms with Gasteiger partial charge in [-0.15, -0.1) is 0 Å². The first-order valence-corrected chi connectivity index (χ1v) is 5.89. The van der Waals surface area contributed by atoms with Gasteiger partial charge < -0.3 is 10.8 Å². The van der Waals surface area contributed by atoms with Gasteiger partial charge >= 0.3 is 5.51 Å². The third-order valence-electron chi connectivity index (χ3n) is 2.37. The minimum atomic E-state index is -4.29. The normalized spacial score (nSPS) is 15.6. The minimum absolute atomic E-state index is 0.105. The van der Waals surface area contributed by atoms with Crippen LogP contribution in [0.5, 0.6) is 0 Å². The zero-order chi connectivity index (χ0) is 13.1. The molecule has 3 N–H and O–H groups in total. The van der Waals surface area contributed by atoms with Crippen molar-refractivity contribution in [3.05, 3.63) is 29.8 Å². The maximum Gasteiger partial charge on any atom is 0.446 e.